The maximum absolute atomic E-state index is 13.6. The molecule has 1 aromatic heterocycles. The predicted octanol–water partition coefficient (Wildman–Crippen LogP) is 3.34. The number of nitrogens with one attached hydrogen (secondary N) is 1. The summed E-state index contributed by atoms with van der Waals surface area (Å²) >= 11 is 0. The number of amides is 1. The summed E-state index contributed by atoms with van der Waals surface area (Å²) in [5.41, 5.74) is 1.78. The van der Waals surface area contributed by atoms with Crippen LogP contribution in [0.3, 0.4) is 0 Å². The number of esters is 1. The fourth-order valence-electron chi connectivity index (χ4n) is 3.65. The topological polar surface area (TPSA) is 108 Å². The van der Waals surface area contributed by atoms with Gasteiger partial charge in [0, 0.05) is 12.1 Å². The van der Waals surface area contributed by atoms with E-state index in [0.717, 1.165) is 16.3 Å². The maximum Gasteiger partial charge on any atom is 0.359 e. The standard InChI is InChI=1S/C24H24F2N4O4/c1-3-34-24(32)21-20(29-22(30(21)27)16-11-18(16)26)14-6-4-13(5-7-14)12-28-23(31)17-10-15(25)8-9-19(17)33-2/h4-10,16,18H,3,11-12,27H2,1-2H3,(H,28,31). The molecule has 0 bridgehead atoms. The zero-order valence-electron chi connectivity index (χ0n) is 18.7. The largest absolute Gasteiger partial charge is 0.496 e. The zero-order chi connectivity index (χ0) is 24.4. The molecule has 178 valence electrons. The molecule has 2 atom stereocenters. The van der Waals surface area contributed by atoms with Gasteiger partial charge in [-0.15, -0.1) is 0 Å². The molecule has 0 aliphatic heterocycles. The second-order valence-corrected chi connectivity index (χ2v) is 7.84. The Bertz CT molecular complexity index is 1230. The van der Waals surface area contributed by atoms with Crippen molar-refractivity contribution in [3.63, 3.8) is 0 Å². The van der Waals surface area contributed by atoms with Crippen LogP contribution in [-0.4, -0.2) is 41.4 Å². The highest BCUT2D eigenvalue weighted by atomic mass is 19.1. The highest BCUT2D eigenvalue weighted by Gasteiger charge is 2.44. The van der Waals surface area contributed by atoms with E-state index in [-0.39, 0.29) is 30.2 Å². The van der Waals surface area contributed by atoms with Gasteiger partial charge in [-0.2, -0.15) is 0 Å². The Morgan fingerprint density at radius 3 is 2.56 bits per heavy atom. The average Bonchev–Trinajstić information content (AvgIpc) is 3.45. The van der Waals surface area contributed by atoms with Crippen molar-refractivity contribution in [2.75, 3.05) is 19.6 Å². The van der Waals surface area contributed by atoms with Crippen LogP contribution < -0.4 is 15.9 Å². The number of ether oxygens (including phenoxy) is 2. The SMILES string of the molecule is CCOC(=O)c1c(-c2ccc(CNC(=O)c3cc(F)ccc3OC)cc2)nc(C2CC2F)n1N. The summed E-state index contributed by atoms with van der Waals surface area (Å²) in [5, 5.41) is 2.72. The van der Waals surface area contributed by atoms with Crippen LogP contribution in [0.1, 0.15) is 51.5 Å². The molecule has 1 aliphatic carbocycles. The molecular weight excluding hydrogens is 446 g/mol. The number of hydrogen-bond donors (Lipinski definition) is 2. The molecule has 1 aliphatic rings. The summed E-state index contributed by atoms with van der Waals surface area (Å²) < 4.78 is 38.5. The lowest BCUT2D eigenvalue weighted by atomic mass is 10.1. The molecule has 1 fully saturated rings. The van der Waals surface area contributed by atoms with Crippen molar-refractivity contribution < 1.29 is 27.8 Å². The van der Waals surface area contributed by atoms with Gasteiger partial charge >= 0.3 is 5.97 Å². The first-order valence-electron chi connectivity index (χ1n) is 10.7. The van der Waals surface area contributed by atoms with Crippen molar-refractivity contribution in [1.82, 2.24) is 15.0 Å². The van der Waals surface area contributed by atoms with E-state index in [0.29, 0.717) is 23.5 Å². The summed E-state index contributed by atoms with van der Waals surface area (Å²) in [6, 6.07) is 10.6. The van der Waals surface area contributed by atoms with E-state index in [1.165, 1.54) is 19.2 Å². The number of imidazole rings is 1. The van der Waals surface area contributed by atoms with Crippen molar-refractivity contribution >= 4 is 11.9 Å². The highest BCUT2D eigenvalue weighted by Crippen LogP contribution is 2.44. The molecule has 3 N–H and O–H groups in total. The Morgan fingerprint density at radius 2 is 1.94 bits per heavy atom. The molecule has 2 unspecified atom stereocenters. The van der Waals surface area contributed by atoms with E-state index < -0.39 is 29.8 Å². The summed E-state index contributed by atoms with van der Waals surface area (Å²) in [6.45, 7) is 2.01. The van der Waals surface area contributed by atoms with Crippen molar-refractivity contribution in [2.45, 2.75) is 32.0 Å². The Hall–Kier alpha value is -3.95. The minimum absolute atomic E-state index is 0.0511. The van der Waals surface area contributed by atoms with Gasteiger partial charge in [-0.3, -0.25) is 4.79 Å². The Balaban J connectivity index is 1.53. The lowest BCUT2D eigenvalue weighted by Crippen LogP contribution is -2.23. The van der Waals surface area contributed by atoms with Crippen molar-refractivity contribution in [1.29, 1.82) is 0 Å². The Labute approximate surface area is 194 Å². The van der Waals surface area contributed by atoms with Gasteiger partial charge in [0.1, 0.15) is 29.3 Å². The maximum atomic E-state index is 13.6. The molecule has 1 heterocycles. The van der Waals surface area contributed by atoms with E-state index in [1.807, 2.05) is 0 Å². The first-order valence-corrected chi connectivity index (χ1v) is 10.7. The number of hydrogen-bond acceptors (Lipinski definition) is 6. The minimum Gasteiger partial charge on any atom is -0.496 e. The third kappa shape index (κ3) is 4.57. The third-order valence-corrected chi connectivity index (χ3v) is 5.54. The van der Waals surface area contributed by atoms with Gasteiger partial charge in [0.2, 0.25) is 0 Å². The number of carbonyl (C=O) groups excluding carboxylic acids is 2. The minimum atomic E-state index is -1.03. The van der Waals surface area contributed by atoms with E-state index >= 15 is 0 Å². The van der Waals surface area contributed by atoms with E-state index in [4.69, 9.17) is 15.3 Å². The molecule has 2 aromatic carbocycles. The average molecular weight is 470 g/mol. The van der Waals surface area contributed by atoms with E-state index in [9.17, 15) is 18.4 Å². The van der Waals surface area contributed by atoms with Crippen LogP contribution >= 0.6 is 0 Å². The molecular formula is C24H24F2N4O4. The van der Waals surface area contributed by atoms with Crippen LogP contribution in [0.15, 0.2) is 42.5 Å². The van der Waals surface area contributed by atoms with Crippen LogP contribution in [0.25, 0.3) is 11.3 Å². The summed E-state index contributed by atoms with van der Waals surface area (Å²) in [6.07, 6.45) is -0.722. The number of alkyl halides is 1. The number of methoxy groups -OCH3 is 1. The van der Waals surface area contributed by atoms with Crippen LogP contribution in [0.4, 0.5) is 8.78 Å². The molecule has 0 spiro atoms. The number of nitrogen functional groups attached to an aromatic ring is 1. The Morgan fingerprint density at radius 1 is 1.24 bits per heavy atom. The van der Waals surface area contributed by atoms with Crippen LogP contribution in [-0.2, 0) is 11.3 Å². The lowest BCUT2D eigenvalue weighted by molar-refractivity contribution is 0.0516. The lowest BCUT2D eigenvalue weighted by Gasteiger charge is -2.10. The van der Waals surface area contributed by atoms with Crippen LogP contribution in [0.2, 0.25) is 0 Å². The van der Waals surface area contributed by atoms with Gasteiger partial charge < -0.3 is 20.6 Å². The fourth-order valence-corrected chi connectivity index (χ4v) is 3.65. The molecule has 1 saturated carbocycles. The predicted molar refractivity (Wildman–Crippen MR) is 120 cm³/mol. The van der Waals surface area contributed by atoms with Gasteiger partial charge in [-0.05, 0) is 37.1 Å². The molecule has 3 aromatic rings. The number of benzene rings is 2. The second kappa shape index (κ2) is 9.50. The van der Waals surface area contributed by atoms with Crippen molar-refractivity contribution in [3.05, 3.63) is 70.9 Å². The summed E-state index contributed by atoms with van der Waals surface area (Å²) in [7, 11) is 1.40. The molecule has 4 rings (SSSR count). The van der Waals surface area contributed by atoms with Gasteiger partial charge in [-0.25, -0.2) is 23.2 Å². The van der Waals surface area contributed by atoms with Gasteiger partial charge in [0.25, 0.3) is 5.91 Å². The number of nitrogens with zero attached hydrogens (tertiary/aromatic N) is 2. The molecule has 10 heteroatoms. The summed E-state index contributed by atoms with van der Waals surface area (Å²) in [4.78, 5) is 29.4. The quantitative estimate of drug-likeness (QED) is 0.386. The molecule has 1 amide bonds. The number of nitrogens with two attached hydrogens (primary N) is 1. The first kappa shape index (κ1) is 23.2. The number of halogens is 2. The number of carbonyl (C=O) groups is 2. The zero-order valence-corrected chi connectivity index (χ0v) is 18.7. The van der Waals surface area contributed by atoms with E-state index in [1.54, 1.807) is 31.2 Å². The van der Waals surface area contributed by atoms with Gasteiger partial charge in [0.15, 0.2) is 5.69 Å². The third-order valence-electron chi connectivity index (χ3n) is 5.54. The molecule has 0 radical (unpaired) electrons. The monoisotopic (exact) mass is 470 g/mol. The fraction of sp³-hybridized carbons (Fsp3) is 0.292. The van der Waals surface area contributed by atoms with Gasteiger partial charge in [0.05, 0.1) is 25.2 Å². The van der Waals surface area contributed by atoms with E-state index in [2.05, 4.69) is 10.3 Å². The highest BCUT2D eigenvalue weighted by molar-refractivity contribution is 5.97. The normalized spacial score (nSPS) is 16.7. The first-order chi connectivity index (χ1) is 16.3. The number of aromatic nitrogens is 2. The molecule has 0 saturated heterocycles. The van der Waals surface area contributed by atoms with Crippen LogP contribution in [0, 0.1) is 5.82 Å². The Kier molecular flexibility index (Phi) is 6.49. The van der Waals surface area contributed by atoms with Crippen molar-refractivity contribution in [2.24, 2.45) is 0 Å². The summed E-state index contributed by atoms with van der Waals surface area (Å²) in [5.74, 6) is 4.52. The number of rotatable bonds is 8. The van der Waals surface area contributed by atoms with Gasteiger partial charge in [-0.1, -0.05) is 24.3 Å². The van der Waals surface area contributed by atoms with Crippen molar-refractivity contribution in [3.8, 4) is 17.0 Å². The molecule has 8 nitrogen and oxygen atoms in total. The smallest absolute Gasteiger partial charge is 0.359 e. The molecule has 34 heavy (non-hydrogen) atoms. The second-order valence-electron chi connectivity index (χ2n) is 7.84. The van der Waals surface area contributed by atoms with Crippen LogP contribution in [0.5, 0.6) is 5.75 Å².